The van der Waals surface area contributed by atoms with Crippen molar-refractivity contribution in [3.63, 3.8) is 0 Å². The van der Waals surface area contributed by atoms with Crippen LogP contribution in [0.15, 0.2) is 30.5 Å². The molecule has 1 aromatic heterocycles. The molecule has 9 heteroatoms. The summed E-state index contributed by atoms with van der Waals surface area (Å²) >= 11 is 0. The van der Waals surface area contributed by atoms with Gasteiger partial charge in [0.05, 0.1) is 11.3 Å². The van der Waals surface area contributed by atoms with Gasteiger partial charge >= 0.3 is 5.08 Å². The molecular weight excluding hydrogens is 287 g/mol. The van der Waals surface area contributed by atoms with Crippen LogP contribution < -0.4 is 10.7 Å². The summed E-state index contributed by atoms with van der Waals surface area (Å²) in [6, 6.07) is 4.24. The Morgan fingerprint density at radius 2 is 1.90 bits per heavy atom. The lowest BCUT2D eigenvalue weighted by atomic mass is 10.2. The number of nitrogens with zero attached hydrogens (tertiary/aromatic N) is 3. The molecule has 0 radical (unpaired) electrons. The number of nitrogens with one attached hydrogen (secondary N) is 2. The second-order valence-corrected chi connectivity index (χ2v) is 3.82. The molecule has 0 saturated carbocycles. The predicted molar refractivity (Wildman–Crippen MR) is 67.2 cm³/mol. The first-order chi connectivity index (χ1) is 10.0. The Morgan fingerprint density at radius 1 is 1.14 bits per heavy atom. The van der Waals surface area contributed by atoms with Crippen LogP contribution in [0.1, 0.15) is 10.4 Å². The molecule has 1 amide bonds. The second kappa shape index (κ2) is 5.87. The van der Waals surface area contributed by atoms with Gasteiger partial charge in [-0.2, -0.15) is 0 Å². The van der Waals surface area contributed by atoms with Crippen molar-refractivity contribution in [3.05, 3.63) is 58.6 Å². The Kier molecular flexibility index (Phi) is 3.99. The number of benzene rings is 1. The van der Waals surface area contributed by atoms with Gasteiger partial charge in [0.2, 0.25) is 5.82 Å². The number of carbonyl (C=O) groups is 1. The van der Waals surface area contributed by atoms with Crippen molar-refractivity contribution in [1.29, 1.82) is 5.39 Å². The number of hydrogen-bond donors (Lipinski definition) is 2. The molecule has 0 bridgehead atoms. The predicted octanol–water partition coefficient (Wildman–Crippen LogP) is 2.93. The topological polar surface area (TPSA) is 82.2 Å². The normalized spacial score (nSPS) is 9.81. The highest BCUT2D eigenvalue weighted by molar-refractivity contribution is 6.04. The average molecular weight is 294 g/mol. The van der Waals surface area contributed by atoms with Gasteiger partial charge in [0.25, 0.3) is 11.3 Å². The molecule has 0 aliphatic carbocycles. The molecule has 0 fully saturated rings. The van der Waals surface area contributed by atoms with Crippen LogP contribution in [0.4, 0.5) is 24.7 Å². The van der Waals surface area contributed by atoms with Crippen molar-refractivity contribution in [2.24, 2.45) is 0 Å². The molecular formula is C12H7F3N5O+. The summed E-state index contributed by atoms with van der Waals surface area (Å²) in [6.45, 7) is 0. The summed E-state index contributed by atoms with van der Waals surface area (Å²) in [5.41, 5.74) is 1.68. The fourth-order valence-electron chi connectivity index (χ4n) is 1.46. The van der Waals surface area contributed by atoms with Gasteiger partial charge in [-0.3, -0.25) is 4.79 Å². The molecule has 0 atom stereocenters. The van der Waals surface area contributed by atoms with E-state index in [0.29, 0.717) is 6.07 Å². The Morgan fingerprint density at radius 3 is 2.52 bits per heavy atom. The molecule has 2 aromatic rings. The lowest BCUT2D eigenvalue weighted by Gasteiger charge is -2.07. The van der Waals surface area contributed by atoms with Gasteiger partial charge < -0.3 is 5.32 Å². The van der Waals surface area contributed by atoms with Crippen molar-refractivity contribution in [1.82, 2.24) is 4.98 Å². The number of anilines is 2. The number of aromatic nitrogens is 1. The standard InChI is InChI=1S/C12H6F3N5O/c13-7-2-3-8(11(15)10(7)14)18-12(21)6-1-4-9(17-5-6)19-20-16/h1-5H,(H-,17,18,19,21)/p+1. The summed E-state index contributed by atoms with van der Waals surface area (Å²) < 4.78 is 39.2. The van der Waals surface area contributed by atoms with Crippen LogP contribution in [0.3, 0.4) is 0 Å². The van der Waals surface area contributed by atoms with Crippen LogP contribution in [0.25, 0.3) is 5.08 Å². The number of halogens is 3. The van der Waals surface area contributed by atoms with E-state index in [2.05, 4.69) is 20.8 Å². The first-order valence-corrected chi connectivity index (χ1v) is 5.54. The van der Waals surface area contributed by atoms with E-state index in [0.717, 1.165) is 12.3 Å². The van der Waals surface area contributed by atoms with Crippen LogP contribution in [0, 0.1) is 22.8 Å². The van der Waals surface area contributed by atoms with Gasteiger partial charge in [-0.1, -0.05) is 0 Å². The Labute approximate surface area is 116 Å². The highest BCUT2D eigenvalue weighted by Gasteiger charge is 2.16. The minimum absolute atomic E-state index is 0.0441. The van der Waals surface area contributed by atoms with Gasteiger partial charge in [0.1, 0.15) is 0 Å². The van der Waals surface area contributed by atoms with Crippen molar-refractivity contribution < 1.29 is 18.0 Å². The highest BCUT2D eigenvalue weighted by Crippen LogP contribution is 2.20. The SMILES string of the molecule is N#[N+]Nc1ccc(C(=O)Nc2ccc(F)c(F)c2F)cn1. The third-order valence-corrected chi connectivity index (χ3v) is 2.47. The van der Waals surface area contributed by atoms with Gasteiger partial charge in [-0.15, -0.1) is 0 Å². The maximum atomic E-state index is 13.4. The zero-order valence-electron chi connectivity index (χ0n) is 10.3. The molecule has 0 aliphatic rings. The van der Waals surface area contributed by atoms with E-state index in [-0.39, 0.29) is 11.4 Å². The lowest BCUT2D eigenvalue weighted by molar-refractivity contribution is 0.102. The van der Waals surface area contributed by atoms with E-state index in [4.69, 9.17) is 5.39 Å². The fourth-order valence-corrected chi connectivity index (χ4v) is 1.46. The second-order valence-electron chi connectivity index (χ2n) is 3.82. The van der Waals surface area contributed by atoms with Gasteiger partial charge in [-0.25, -0.2) is 18.2 Å². The Hall–Kier alpha value is -3.15. The van der Waals surface area contributed by atoms with Crippen molar-refractivity contribution in [2.75, 3.05) is 10.7 Å². The van der Waals surface area contributed by atoms with Crippen LogP contribution in [-0.4, -0.2) is 10.9 Å². The van der Waals surface area contributed by atoms with Gasteiger partial charge in [0.15, 0.2) is 17.5 Å². The third kappa shape index (κ3) is 3.06. The van der Waals surface area contributed by atoms with E-state index in [1.54, 1.807) is 0 Å². The molecule has 2 rings (SSSR count). The van der Waals surface area contributed by atoms with Gasteiger partial charge in [0, 0.05) is 11.6 Å². The number of hydrogen-bond acceptors (Lipinski definition) is 4. The first-order valence-electron chi connectivity index (χ1n) is 5.54. The molecule has 6 nitrogen and oxygen atoms in total. The van der Waals surface area contributed by atoms with E-state index < -0.39 is 29.0 Å². The fraction of sp³-hybridized carbons (Fsp3) is 0. The Bertz CT molecular complexity index is 727. The molecule has 1 heterocycles. The zero-order valence-corrected chi connectivity index (χ0v) is 10.3. The highest BCUT2D eigenvalue weighted by atomic mass is 19.2. The molecule has 21 heavy (non-hydrogen) atoms. The van der Waals surface area contributed by atoms with Gasteiger partial charge in [-0.05, 0) is 24.3 Å². The molecule has 1 aromatic carbocycles. The Balaban J connectivity index is 2.18. The molecule has 0 spiro atoms. The van der Waals surface area contributed by atoms with Crippen molar-refractivity contribution in [2.45, 2.75) is 0 Å². The molecule has 0 unspecified atom stereocenters. The average Bonchev–Trinajstić information content (AvgIpc) is 2.49. The van der Waals surface area contributed by atoms with E-state index >= 15 is 0 Å². The summed E-state index contributed by atoms with van der Waals surface area (Å²) in [7, 11) is 0. The van der Waals surface area contributed by atoms with E-state index in [9.17, 15) is 18.0 Å². The van der Waals surface area contributed by atoms with Crippen molar-refractivity contribution in [3.8, 4) is 0 Å². The maximum Gasteiger partial charge on any atom is 0.309 e. The quantitative estimate of drug-likeness (QED) is 0.518. The first kappa shape index (κ1) is 14.3. The minimum Gasteiger partial charge on any atom is -0.319 e. The minimum atomic E-state index is -1.67. The zero-order chi connectivity index (χ0) is 15.4. The maximum absolute atomic E-state index is 13.4. The number of rotatable bonds is 3. The van der Waals surface area contributed by atoms with E-state index in [1.807, 2.05) is 0 Å². The third-order valence-electron chi connectivity index (χ3n) is 2.47. The molecule has 0 saturated heterocycles. The molecule has 106 valence electrons. The number of pyridine rings is 1. The van der Waals surface area contributed by atoms with E-state index in [1.165, 1.54) is 12.1 Å². The number of carbonyl (C=O) groups excluding carboxylic acids is 1. The molecule has 2 N–H and O–H groups in total. The molecule has 0 aliphatic heterocycles. The monoisotopic (exact) mass is 294 g/mol. The van der Waals surface area contributed by atoms with Crippen LogP contribution in [0.5, 0.6) is 0 Å². The summed E-state index contributed by atoms with van der Waals surface area (Å²) in [5, 5.41) is 13.0. The van der Waals surface area contributed by atoms with Crippen molar-refractivity contribution >= 4 is 17.4 Å². The van der Waals surface area contributed by atoms with Crippen LogP contribution >= 0.6 is 0 Å². The number of diazo groups is 1. The summed E-state index contributed by atoms with van der Waals surface area (Å²) in [5.74, 6) is -5.10. The summed E-state index contributed by atoms with van der Waals surface area (Å²) in [4.78, 5) is 15.5. The lowest BCUT2D eigenvalue weighted by Crippen LogP contribution is -2.14. The summed E-state index contributed by atoms with van der Waals surface area (Å²) in [6.07, 6.45) is 1.13. The smallest absolute Gasteiger partial charge is 0.309 e. The van der Waals surface area contributed by atoms with Crippen LogP contribution in [-0.2, 0) is 0 Å². The van der Waals surface area contributed by atoms with Crippen LogP contribution in [0.2, 0.25) is 0 Å². The number of amides is 1. The largest absolute Gasteiger partial charge is 0.319 e.